The molecule has 0 bridgehead atoms. The normalized spacial score (nSPS) is 12.4. The van der Waals surface area contributed by atoms with Crippen molar-refractivity contribution >= 4 is 5.69 Å². The molecule has 4 nitrogen and oxygen atoms in total. The van der Waals surface area contributed by atoms with Gasteiger partial charge < -0.3 is 10.5 Å². The highest BCUT2D eigenvalue weighted by molar-refractivity contribution is 5.44. The maximum atomic E-state index is 13.5. The Morgan fingerprint density at radius 2 is 2.10 bits per heavy atom. The third-order valence-electron chi connectivity index (χ3n) is 3.13. The zero-order chi connectivity index (χ0) is 14.7. The lowest BCUT2D eigenvalue weighted by Gasteiger charge is -2.09. The average molecular weight is 281 g/mol. The molecule has 20 heavy (non-hydrogen) atoms. The Morgan fingerprint density at radius 1 is 1.35 bits per heavy atom. The molecule has 0 radical (unpaired) electrons. The van der Waals surface area contributed by atoms with Crippen LogP contribution in [0.4, 0.5) is 14.5 Å². The Morgan fingerprint density at radius 3 is 2.80 bits per heavy atom. The summed E-state index contributed by atoms with van der Waals surface area (Å²) in [7, 11) is 0. The van der Waals surface area contributed by atoms with Crippen molar-refractivity contribution < 1.29 is 13.5 Å². The maximum Gasteiger partial charge on any atom is 0.167 e. The van der Waals surface area contributed by atoms with Gasteiger partial charge in [0, 0.05) is 24.4 Å². The molecule has 1 atom stereocenters. The first-order chi connectivity index (χ1) is 9.51. The molecule has 0 amide bonds. The molecule has 0 spiro atoms. The monoisotopic (exact) mass is 281 g/mol. The van der Waals surface area contributed by atoms with Gasteiger partial charge in [0.15, 0.2) is 11.6 Å². The third-order valence-corrected chi connectivity index (χ3v) is 3.13. The van der Waals surface area contributed by atoms with E-state index in [0.29, 0.717) is 5.69 Å². The summed E-state index contributed by atoms with van der Waals surface area (Å²) in [5, 5.41) is 4.32. The van der Waals surface area contributed by atoms with Gasteiger partial charge in [0.05, 0.1) is 11.4 Å². The van der Waals surface area contributed by atoms with Gasteiger partial charge in [-0.3, -0.25) is 4.68 Å². The van der Waals surface area contributed by atoms with Crippen molar-refractivity contribution in [2.75, 3.05) is 5.73 Å². The molecule has 2 aromatic rings. The topological polar surface area (TPSA) is 53.1 Å². The van der Waals surface area contributed by atoms with Gasteiger partial charge in [0.2, 0.25) is 0 Å². The minimum Gasteiger partial charge on any atom is -0.484 e. The number of nitrogen functional groups attached to an aromatic ring is 1. The van der Waals surface area contributed by atoms with Crippen molar-refractivity contribution in [3.8, 4) is 5.75 Å². The molecule has 0 fully saturated rings. The van der Waals surface area contributed by atoms with Gasteiger partial charge in [-0.15, -0.1) is 0 Å². The smallest absolute Gasteiger partial charge is 0.167 e. The molecular formula is C14H17F2N3O. The molecule has 1 aromatic carbocycles. The molecule has 0 aliphatic carbocycles. The second kappa shape index (κ2) is 5.90. The number of hydrogen-bond acceptors (Lipinski definition) is 3. The molecule has 1 unspecified atom stereocenters. The zero-order valence-corrected chi connectivity index (χ0v) is 11.4. The quantitative estimate of drug-likeness (QED) is 0.856. The average Bonchev–Trinajstić information content (AvgIpc) is 2.89. The molecule has 0 aliphatic heterocycles. The van der Waals surface area contributed by atoms with Crippen LogP contribution >= 0.6 is 0 Å². The Hall–Kier alpha value is -2.11. The SMILES string of the molecule is CCC(C)n1ccc(COc2cc(F)c(N)cc2F)n1. The zero-order valence-electron chi connectivity index (χ0n) is 11.4. The number of hydrogen-bond donors (Lipinski definition) is 1. The van der Waals surface area contributed by atoms with Crippen LogP contribution in [0.5, 0.6) is 5.75 Å². The first-order valence-electron chi connectivity index (χ1n) is 6.42. The minimum atomic E-state index is -0.702. The van der Waals surface area contributed by atoms with E-state index in [9.17, 15) is 8.78 Å². The second-order valence-electron chi connectivity index (χ2n) is 4.64. The Bertz CT molecular complexity index is 598. The van der Waals surface area contributed by atoms with Gasteiger partial charge in [-0.05, 0) is 19.4 Å². The predicted molar refractivity (Wildman–Crippen MR) is 72.3 cm³/mol. The van der Waals surface area contributed by atoms with Gasteiger partial charge in [-0.1, -0.05) is 6.92 Å². The summed E-state index contributed by atoms with van der Waals surface area (Å²) >= 11 is 0. The van der Waals surface area contributed by atoms with Crippen LogP contribution in [0.2, 0.25) is 0 Å². The van der Waals surface area contributed by atoms with Crippen LogP contribution in [0, 0.1) is 11.6 Å². The van der Waals surface area contributed by atoms with E-state index in [1.807, 2.05) is 17.8 Å². The largest absolute Gasteiger partial charge is 0.484 e. The number of aromatic nitrogens is 2. The van der Waals surface area contributed by atoms with E-state index >= 15 is 0 Å². The van der Waals surface area contributed by atoms with Crippen molar-refractivity contribution in [3.05, 3.63) is 41.7 Å². The molecule has 1 aromatic heterocycles. The molecule has 0 saturated carbocycles. The molecule has 6 heteroatoms. The van der Waals surface area contributed by atoms with E-state index < -0.39 is 11.6 Å². The van der Waals surface area contributed by atoms with Crippen LogP contribution in [0.25, 0.3) is 0 Å². The van der Waals surface area contributed by atoms with Gasteiger partial charge >= 0.3 is 0 Å². The minimum absolute atomic E-state index is 0.0731. The molecule has 2 rings (SSSR count). The number of rotatable bonds is 5. The number of benzene rings is 1. The highest BCUT2D eigenvalue weighted by atomic mass is 19.1. The van der Waals surface area contributed by atoms with E-state index in [2.05, 4.69) is 12.0 Å². The van der Waals surface area contributed by atoms with Crippen molar-refractivity contribution in [3.63, 3.8) is 0 Å². The van der Waals surface area contributed by atoms with Gasteiger partial charge in [-0.2, -0.15) is 5.10 Å². The summed E-state index contributed by atoms with van der Waals surface area (Å²) in [6, 6.07) is 3.92. The molecule has 1 heterocycles. The van der Waals surface area contributed by atoms with E-state index in [1.165, 1.54) is 0 Å². The lowest BCUT2D eigenvalue weighted by Crippen LogP contribution is -2.06. The second-order valence-corrected chi connectivity index (χ2v) is 4.64. The van der Waals surface area contributed by atoms with E-state index in [4.69, 9.17) is 10.5 Å². The van der Waals surface area contributed by atoms with E-state index in [1.54, 1.807) is 6.07 Å². The number of anilines is 1. The fourth-order valence-electron chi connectivity index (χ4n) is 1.69. The van der Waals surface area contributed by atoms with Crippen LogP contribution in [0.3, 0.4) is 0 Å². The third kappa shape index (κ3) is 3.07. The lowest BCUT2D eigenvalue weighted by molar-refractivity contribution is 0.282. The molecule has 0 aliphatic rings. The van der Waals surface area contributed by atoms with Crippen LogP contribution < -0.4 is 10.5 Å². The fraction of sp³-hybridized carbons (Fsp3) is 0.357. The molecule has 108 valence electrons. The Labute approximate surface area is 116 Å². The first-order valence-corrected chi connectivity index (χ1v) is 6.42. The molecular weight excluding hydrogens is 264 g/mol. The van der Waals surface area contributed by atoms with Crippen LogP contribution in [0.1, 0.15) is 32.0 Å². The van der Waals surface area contributed by atoms with Crippen LogP contribution in [-0.2, 0) is 6.61 Å². The summed E-state index contributed by atoms with van der Waals surface area (Å²) in [5.41, 5.74) is 5.68. The van der Waals surface area contributed by atoms with Gasteiger partial charge in [-0.25, -0.2) is 8.78 Å². The lowest BCUT2D eigenvalue weighted by atomic mass is 10.3. The van der Waals surface area contributed by atoms with Gasteiger partial charge in [0.1, 0.15) is 12.4 Å². The van der Waals surface area contributed by atoms with Crippen LogP contribution in [-0.4, -0.2) is 9.78 Å². The summed E-state index contributed by atoms with van der Waals surface area (Å²) in [5.74, 6) is -1.56. The summed E-state index contributed by atoms with van der Waals surface area (Å²) in [4.78, 5) is 0. The number of halogens is 2. The molecule has 0 saturated heterocycles. The van der Waals surface area contributed by atoms with E-state index in [-0.39, 0.29) is 24.1 Å². The summed E-state index contributed by atoms with van der Waals surface area (Å²) < 4.78 is 33.8. The van der Waals surface area contributed by atoms with Crippen molar-refractivity contribution in [2.24, 2.45) is 0 Å². The first kappa shape index (κ1) is 14.3. The van der Waals surface area contributed by atoms with Crippen molar-refractivity contribution in [1.29, 1.82) is 0 Å². The van der Waals surface area contributed by atoms with Crippen molar-refractivity contribution in [1.82, 2.24) is 9.78 Å². The predicted octanol–water partition coefficient (Wildman–Crippen LogP) is 3.29. The Balaban J connectivity index is 2.05. The highest BCUT2D eigenvalue weighted by Gasteiger charge is 2.10. The highest BCUT2D eigenvalue weighted by Crippen LogP contribution is 2.23. The van der Waals surface area contributed by atoms with Gasteiger partial charge in [0.25, 0.3) is 0 Å². The number of ether oxygens (including phenoxy) is 1. The summed E-state index contributed by atoms with van der Waals surface area (Å²) in [6.07, 6.45) is 2.80. The van der Waals surface area contributed by atoms with Crippen LogP contribution in [0.15, 0.2) is 24.4 Å². The number of nitrogens with zero attached hydrogens (tertiary/aromatic N) is 2. The number of nitrogens with two attached hydrogens (primary N) is 1. The standard InChI is InChI=1S/C14H17F2N3O/c1-3-9(2)19-5-4-10(18-19)8-20-14-7-11(15)13(17)6-12(14)16/h4-7,9H,3,8,17H2,1-2H3. The maximum absolute atomic E-state index is 13.5. The van der Waals surface area contributed by atoms with Crippen molar-refractivity contribution in [2.45, 2.75) is 32.9 Å². The van der Waals surface area contributed by atoms with E-state index in [0.717, 1.165) is 18.6 Å². The fourth-order valence-corrected chi connectivity index (χ4v) is 1.69. The summed E-state index contributed by atoms with van der Waals surface area (Å²) in [6.45, 7) is 4.19. The molecule has 2 N–H and O–H groups in total. The Kier molecular flexibility index (Phi) is 4.22.